The number of ether oxygens (including phenoxy) is 1. The Morgan fingerprint density at radius 2 is 1.48 bits per heavy atom. The molecule has 0 bridgehead atoms. The zero-order valence-corrected chi connectivity index (χ0v) is 17.2. The van der Waals surface area contributed by atoms with E-state index in [0.29, 0.717) is 5.56 Å². The number of carbonyl (C=O) groups excluding carboxylic acids is 1. The van der Waals surface area contributed by atoms with Crippen LogP contribution < -0.4 is 5.32 Å². The lowest BCUT2D eigenvalue weighted by Crippen LogP contribution is -2.43. The van der Waals surface area contributed by atoms with Crippen LogP contribution in [0.15, 0.2) is 89.8 Å². The molecule has 1 fully saturated rings. The summed E-state index contributed by atoms with van der Waals surface area (Å²) in [5.41, 5.74) is 2.17. The molecule has 148 valence electrons. The number of rotatable bonds is 6. The number of thioether (sulfide) groups is 1. The highest BCUT2D eigenvalue weighted by Gasteiger charge is 2.38. The second-order valence-electron chi connectivity index (χ2n) is 7.26. The third-order valence-corrected chi connectivity index (χ3v) is 6.43. The Bertz CT molecular complexity index is 937. The number of esters is 1. The second kappa shape index (κ2) is 9.29. The molecule has 4 heteroatoms. The largest absolute Gasteiger partial charge is 0.450 e. The number of nitrogens with one attached hydrogen (secondary N) is 1. The second-order valence-corrected chi connectivity index (χ2v) is 8.31. The molecular formula is C25H25NO2S. The predicted octanol–water partition coefficient (Wildman–Crippen LogP) is 5.41. The van der Waals surface area contributed by atoms with Crippen LogP contribution >= 0.6 is 11.8 Å². The molecular weight excluding hydrogens is 378 g/mol. The van der Waals surface area contributed by atoms with Crippen molar-refractivity contribution in [2.75, 3.05) is 13.1 Å². The van der Waals surface area contributed by atoms with E-state index in [9.17, 15) is 4.79 Å². The highest BCUT2D eigenvalue weighted by molar-refractivity contribution is 7.98. The first kappa shape index (κ1) is 19.7. The van der Waals surface area contributed by atoms with Crippen molar-refractivity contribution in [3.05, 3.63) is 102 Å². The van der Waals surface area contributed by atoms with Crippen LogP contribution in [-0.4, -0.2) is 19.1 Å². The van der Waals surface area contributed by atoms with Gasteiger partial charge in [0.15, 0.2) is 0 Å². The van der Waals surface area contributed by atoms with Crippen LogP contribution in [0.5, 0.6) is 0 Å². The molecule has 0 unspecified atom stereocenters. The predicted molar refractivity (Wildman–Crippen MR) is 118 cm³/mol. The van der Waals surface area contributed by atoms with Crippen LogP contribution in [0.2, 0.25) is 0 Å². The third kappa shape index (κ3) is 4.72. The van der Waals surface area contributed by atoms with Crippen molar-refractivity contribution < 1.29 is 9.53 Å². The number of hydrogen-bond acceptors (Lipinski definition) is 4. The van der Waals surface area contributed by atoms with Crippen molar-refractivity contribution in [3.63, 3.8) is 0 Å². The summed E-state index contributed by atoms with van der Waals surface area (Å²) in [6.07, 6.45) is 1.56. The fourth-order valence-electron chi connectivity index (χ4n) is 3.78. The van der Waals surface area contributed by atoms with Gasteiger partial charge in [-0.25, -0.2) is 4.79 Å². The summed E-state index contributed by atoms with van der Waals surface area (Å²) in [5.74, 6) is 0.495. The Morgan fingerprint density at radius 1 is 0.862 bits per heavy atom. The van der Waals surface area contributed by atoms with Gasteiger partial charge in [-0.2, -0.15) is 0 Å². The van der Waals surface area contributed by atoms with Crippen LogP contribution in [0.4, 0.5) is 0 Å². The first-order valence-electron chi connectivity index (χ1n) is 10.0. The number of carbonyl (C=O) groups is 1. The molecule has 3 nitrogen and oxygen atoms in total. The van der Waals surface area contributed by atoms with E-state index in [4.69, 9.17) is 4.74 Å². The molecule has 1 N–H and O–H groups in total. The van der Waals surface area contributed by atoms with Gasteiger partial charge in [0.2, 0.25) is 0 Å². The molecule has 0 atom stereocenters. The third-order valence-electron chi connectivity index (χ3n) is 5.37. The monoisotopic (exact) mass is 403 g/mol. The maximum absolute atomic E-state index is 13.3. The van der Waals surface area contributed by atoms with Crippen molar-refractivity contribution in [1.82, 2.24) is 5.32 Å². The minimum Gasteiger partial charge on any atom is -0.450 e. The molecule has 0 spiro atoms. The van der Waals surface area contributed by atoms with Gasteiger partial charge in [-0.05, 0) is 42.4 Å². The van der Waals surface area contributed by atoms with E-state index in [1.165, 1.54) is 4.90 Å². The summed E-state index contributed by atoms with van der Waals surface area (Å²) >= 11 is 1.73. The smallest absolute Gasteiger partial charge is 0.339 e. The lowest BCUT2D eigenvalue weighted by atomic mass is 9.84. The molecule has 0 saturated carbocycles. The zero-order chi connectivity index (χ0) is 19.9. The van der Waals surface area contributed by atoms with E-state index >= 15 is 0 Å². The first-order valence-corrected chi connectivity index (χ1v) is 11.0. The van der Waals surface area contributed by atoms with Gasteiger partial charge in [-0.1, -0.05) is 66.7 Å². The normalized spacial score (nSPS) is 15.6. The van der Waals surface area contributed by atoms with Crippen LogP contribution in [0, 0.1) is 0 Å². The van der Waals surface area contributed by atoms with E-state index in [-0.39, 0.29) is 5.97 Å². The minimum atomic E-state index is -0.566. The highest BCUT2D eigenvalue weighted by atomic mass is 32.2. The number of hydrogen-bond donors (Lipinski definition) is 1. The Morgan fingerprint density at radius 3 is 2.21 bits per heavy atom. The van der Waals surface area contributed by atoms with Gasteiger partial charge >= 0.3 is 5.97 Å². The summed E-state index contributed by atoms with van der Waals surface area (Å²) in [5, 5.41) is 3.38. The first-order chi connectivity index (χ1) is 14.3. The highest BCUT2D eigenvalue weighted by Crippen LogP contribution is 2.36. The van der Waals surface area contributed by atoms with Gasteiger partial charge in [0.05, 0.1) is 5.56 Å². The van der Waals surface area contributed by atoms with E-state index in [1.807, 2.05) is 60.7 Å². The molecule has 1 heterocycles. The maximum atomic E-state index is 13.3. The molecule has 1 aliphatic rings. The molecule has 0 amide bonds. The standard InChI is InChI=1S/C25H25NO2S/c27-24(28-25(15-17-26-18-16-25)21-10-3-1-4-11-21)23-14-8-7-9-20(23)19-29-22-12-5-2-6-13-22/h1-14,26H,15-19H2. The van der Waals surface area contributed by atoms with Gasteiger partial charge in [0.1, 0.15) is 5.60 Å². The number of piperidine rings is 1. The molecule has 3 aromatic rings. The Labute approximate surface area is 176 Å². The molecule has 0 radical (unpaired) electrons. The Kier molecular flexibility index (Phi) is 6.33. The zero-order valence-electron chi connectivity index (χ0n) is 16.3. The van der Waals surface area contributed by atoms with E-state index in [1.54, 1.807) is 11.8 Å². The number of benzene rings is 3. The van der Waals surface area contributed by atoms with Crippen molar-refractivity contribution in [2.24, 2.45) is 0 Å². The molecule has 0 aliphatic carbocycles. The molecule has 0 aromatic heterocycles. The quantitative estimate of drug-likeness (QED) is 0.441. The van der Waals surface area contributed by atoms with Gasteiger partial charge in [0, 0.05) is 23.5 Å². The molecule has 29 heavy (non-hydrogen) atoms. The summed E-state index contributed by atoms with van der Waals surface area (Å²) < 4.78 is 6.26. The average Bonchev–Trinajstić information content (AvgIpc) is 2.80. The van der Waals surface area contributed by atoms with Gasteiger partial charge in [-0.15, -0.1) is 11.8 Å². The molecule has 4 rings (SSSR count). The summed E-state index contributed by atoms with van der Waals surface area (Å²) in [7, 11) is 0. The Hall–Kier alpha value is -2.56. The molecule has 1 saturated heterocycles. The van der Waals surface area contributed by atoms with Crippen LogP contribution in [0.3, 0.4) is 0 Å². The van der Waals surface area contributed by atoms with Gasteiger partial charge < -0.3 is 10.1 Å². The fourth-order valence-corrected chi connectivity index (χ4v) is 4.70. The van der Waals surface area contributed by atoms with Crippen molar-refractivity contribution in [3.8, 4) is 0 Å². The summed E-state index contributed by atoms with van der Waals surface area (Å²) in [4.78, 5) is 14.5. The van der Waals surface area contributed by atoms with Crippen molar-refractivity contribution in [2.45, 2.75) is 29.1 Å². The average molecular weight is 404 g/mol. The van der Waals surface area contributed by atoms with Crippen molar-refractivity contribution in [1.29, 1.82) is 0 Å². The minimum absolute atomic E-state index is 0.236. The van der Waals surface area contributed by atoms with Gasteiger partial charge in [0.25, 0.3) is 0 Å². The maximum Gasteiger partial charge on any atom is 0.339 e. The summed E-state index contributed by atoms with van der Waals surface area (Å²) in [6, 6.07) is 28.2. The van der Waals surface area contributed by atoms with E-state index in [2.05, 4.69) is 29.6 Å². The van der Waals surface area contributed by atoms with Crippen LogP contribution in [0.1, 0.15) is 34.3 Å². The van der Waals surface area contributed by atoms with Crippen LogP contribution in [0.25, 0.3) is 0 Å². The van der Waals surface area contributed by atoms with Crippen molar-refractivity contribution >= 4 is 17.7 Å². The van der Waals surface area contributed by atoms with Crippen LogP contribution in [-0.2, 0) is 16.1 Å². The van der Waals surface area contributed by atoms with E-state index in [0.717, 1.165) is 42.8 Å². The fraction of sp³-hybridized carbons (Fsp3) is 0.240. The SMILES string of the molecule is O=C(OC1(c2ccccc2)CCNCC1)c1ccccc1CSc1ccccc1. The van der Waals surface area contributed by atoms with E-state index < -0.39 is 5.60 Å². The lowest BCUT2D eigenvalue weighted by molar-refractivity contribution is -0.0379. The topological polar surface area (TPSA) is 38.3 Å². The molecule has 1 aliphatic heterocycles. The Balaban J connectivity index is 1.56. The van der Waals surface area contributed by atoms with Gasteiger partial charge in [-0.3, -0.25) is 0 Å². The molecule has 3 aromatic carbocycles. The lowest BCUT2D eigenvalue weighted by Gasteiger charge is -2.37. The summed E-state index contributed by atoms with van der Waals surface area (Å²) in [6.45, 7) is 1.68.